The summed E-state index contributed by atoms with van der Waals surface area (Å²) in [4.78, 5) is 10.4. The molecule has 0 amide bonds. The van der Waals surface area contributed by atoms with Crippen LogP contribution in [0.3, 0.4) is 0 Å². The summed E-state index contributed by atoms with van der Waals surface area (Å²) in [5, 5.41) is 46.8. The maximum Gasteiger partial charge on any atom is 0.328 e. The van der Waals surface area contributed by atoms with Crippen LogP contribution in [0.15, 0.2) is 30.3 Å². The summed E-state index contributed by atoms with van der Waals surface area (Å²) in [6.45, 7) is -0.509. The van der Waals surface area contributed by atoms with Crippen LogP contribution in [0.1, 0.15) is 5.56 Å². The van der Waals surface area contributed by atoms with Gasteiger partial charge in [0.2, 0.25) is 0 Å². The molecule has 2 rings (SSSR count). The van der Waals surface area contributed by atoms with Gasteiger partial charge in [-0.1, -0.05) is 12.1 Å². The number of carboxylic acid groups (broad SMARTS) is 1. The van der Waals surface area contributed by atoms with E-state index >= 15 is 0 Å². The molecule has 126 valence electrons. The minimum Gasteiger partial charge on any atom is -0.485 e. The summed E-state index contributed by atoms with van der Waals surface area (Å²) in [6, 6.07) is 6.29. The van der Waals surface area contributed by atoms with Crippen LogP contribution in [0.5, 0.6) is 5.75 Å². The first kappa shape index (κ1) is 17.4. The molecule has 0 aromatic heterocycles. The van der Waals surface area contributed by atoms with Crippen molar-refractivity contribution in [3.63, 3.8) is 0 Å². The average molecular weight is 326 g/mol. The number of hydrogen-bond donors (Lipinski definition) is 5. The van der Waals surface area contributed by atoms with E-state index in [0.717, 1.165) is 6.08 Å². The Balaban J connectivity index is 2.09. The van der Waals surface area contributed by atoms with Gasteiger partial charge in [0.25, 0.3) is 0 Å². The molecule has 0 saturated carbocycles. The lowest BCUT2D eigenvalue weighted by Gasteiger charge is -2.40. The van der Waals surface area contributed by atoms with Gasteiger partial charge in [0, 0.05) is 6.08 Å². The highest BCUT2D eigenvalue weighted by molar-refractivity contribution is 5.85. The predicted octanol–water partition coefficient (Wildman–Crippen LogP) is -1.04. The van der Waals surface area contributed by atoms with Gasteiger partial charge >= 0.3 is 5.97 Å². The van der Waals surface area contributed by atoms with Gasteiger partial charge in [-0.15, -0.1) is 0 Å². The Morgan fingerprint density at radius 2 is 1.83 bits per heavy atom. The lowest BCUT2D eigenvalue weighted by atomic mass is 9.99. The molecule has 1 heterocycles. The Morgan fingerprint density at radius 1 is 1.17 bits per heavy atom. The van der Waals surface area contributed by atoms with E-state index in [-0.39, 0.29) is 0 Å². The van der Waals surface area contributed by atoms with Crippen LogP contribution in [-0.4, -0.2) is 68.8 Å². The SMILES string of the molecule is O=C(O)/C=C/c1ccc(O[C@H]2[C@H](O)[C@@H](O)[C@H](O)O[C@@H]2CO)cc1. The Bertz CT molecular complexity index is 553. The van der Waals surface area contributed by atoms with Crippen molar-refractivity contribution >= 4 is 12.0 Å². The fraction of sp³-hybridized carbons (Fsp3) is 0.400. The van der Waals surface area contributed by atoms with Gasteiger partial charge in [0.15, 0.2) is 12.4 Å². The first-order valence-electron chi connectivity index (χ1n) is 6.90. The summed E-state index contributed by atoms with van der Waals surface area (Å²) in [5.41, 5.74) is 0.634. The normalized spacial score (nSPS) is 31.2. The summed E-state index contributed by atoms with van der Waals surface area (Å²) < 4.78 is 10.5. The monoisotopic (exact) mass is 326 g/mol. The highest BCUT2D eigenvalue weighted by atomic mass is 16.7. The summed E-state index contributed by atoms with van der Waals surface area (Å²) in [6.07, 6.45) is -4.28. The molecular formula is C15H18O8. The van der Waals surface area contributed by atoms with E-state index in [1.165, 1.54) is 6.08 Å². The fourth-order valence-electron chi connectivity index (χ4n) is 2.19. The largest absolute Gasteiger partial charge is 0.485 e. The van der Waals surface area contributed by atoms with Gasteiger partial charge in [0.05, 0.1) is 6.61 Å². The van der Waals surface area contributed by atoms with Crippen LogP contribution < -0.4 is 4.74 Å². The second-order valence-electron chi connectivity index (χ2n) is 5.05. The molecule has 8 heteroatoms. The molecule has 1 aliphatic heterocycles. The number of aliphatic hydroxyl groups excluding tert-OH is 4. The number of carbonyl (C=O) groups is 1. The molecule has 5 N–H and O–H groups in total. The molecule has 1 aliphatic rings. The second kappa shape index (κ2) is 7.53. The van der Waals surface area contributed by atoms with Gasteiger partial charge < -0.3 is 35.0 Å². The van der Waals surface area contributed by atoms with Gasteiger partial charge in [-0.25, -0.2) is 4.79 Å². The summed E-state index contributed by atoms with van der Waals surface area (Å²) >= 11 is 0. The third-order valence-corrected chi connectivity index (χ3v) is 3.41. The van der Waals surface area contributed by atoms with E-state index in [1.807, 2.05) is 0 Å². The van der Waals surface area contributed by atoms with Gasteiger partial charge in [-0.3, -0.25) is 0 Å². The van der Waals surface area contributed by atoms with Gasteiger partial charge in [-0.2, -0.15) is 0 Å². The molecule has 1 fully saturated rings. The topological polar surface area (TPSA) is 137 Å². The number of ether oxygens (including phenoxy) is 2. The molecule has 5 atom stereocenters. The second-order valence-corrected chi connectivity index (χ2v) is 5.05. The number of rotatable bonds is 5. The minimum atomic E-state index is -1.61. The molecule has 0 unspecified atom stereocenters. The van der Waals surface area contributed by atoms with Crippen molar-refractivity contribution in [2.75, 3.05) is 6.61 Å². The lowest BCUT2D eigenvalue weighted by molar-refractivity contribution is -0.282. The number of aliphatic carboxylic acids is 1. The number of carboxylic acids is 1. The Kier molecular flexibility index (Phi) is 5.69. The molecule has 0 radical (unpaired) electrons. The van der Waals surface area contributed by atoms with E-state index < -0.39 is 43.3 Å². The molecular weight excluding hydrogens is 308 g/mol. The molecule has 1 aromatic carbocycles. The molecule has 1 aromatic rings. The van der Waals surface area contributed by atoms with Crippen molar-refractivity contribution in [2.45, 2.75) is 30.7 Å². The van der Waals surface area contributed by atoms with Crippen molar-refractivity contribution in [3.8, 4) is 5.75 Å². The quantitative estimate of drug-likeness (QED) is 0.433. The Morgan fingerprint density at radius 3 is 2.39 bits per heavy atom. The first-order valence-corrected chi connectivity index (χ1v) is 6.90. The van der Waals surface area contributed by atoms with Crippen LogP contribution in [0.2, 0.25) is 0 Å². The highest BCUT2D eigenvalue weighted by Gasteiger charge is 2.45. The van der Waals surface area contributed by atoms with Crippen LogP contribution in [-0.2, 0) is 9.53 Å². The van der Waals surface area contributed by atoms with E-state index in [4.69, 9.17) is 14.6 Å². The smallest absolute Gasteiger partial charge is 0.328 e. The molecule has 1 saturated heterocycles. The van der Waals surface area contributed by atoms with Gasteiger partial charge in [0.1, 0.15) is 24.1 Å². The van der Waals surface area contributed by atoms with Crippen LogP contribution in [0.4, 0.5) is 0 Å². The maximum atomic E-state index is 10.4. The van der Waals surface area contributed by atoms with Crippen molar-refractivity contribution in [1.82, 2.24) is 0 Å². The third-order valence-electron chi connectivity index (χ3n) is 3.41. The summed E-state index contributed by atoms with van der Waals surface area (Å²) in [7, 11) is 0. The molecule has 0 spiro atoms. The average Bonchev–Trinajstić information content (AvgIpc) is 2.54. The maximum absolute atomic E-state index is 10.4. The Hall–Kier alpha value is -1.97. The van der Waals surface area contributed by atoms with E-state index in [9.17, 15) is 25.2 Å². The van der Waals surface area contributed by atoms with E-state index in [1.54, 1.807) is 24.3 Å². The van der Waals surface area contributed by atoms with Crippen molar-refractivity contribution in [3.05, 3.63) is 35.9 Å². The molecule has 0 aliphatic carbocycles. The van der Waals surface area contributed by atoms with Crippen molar-refractivity contribution in [2.24, 2.45) is 0 Å². The predicted molar refractivity (Wildman–Crippen MR) is 77.5 cm³/mol. The third kappa shape index (κ3) is 4.27. The molecule has 8 nitrogen and oxygen atoms in total. The standard InChI is InChI=1S/C15H18O8/c16-7-10-14(12(19)13(20)15(21)23-10)22-9-4-1-8(2-5-9)3-6-11(17)18/h1-6,10,12-16,19-21H,7H2,(H,17,18)/b6-3+/t10-,12-,13-,14-,15-/m1/s1. The van der Waals surface area contributed by atoms with Crippen LogP contribution >= 0.6 is 0 Å². The number of benzene rings is 1. The summed E-state index contributed by atoms with van der Waals surface area (Å²) in [5.74, 6) is -0.738. The highest BCUT2D eigenvalue weighted by Crippen LogP contribution is 2.25. The van der Waals surface area contributed by atoms with Crippen LogP contribution in [0.25, 0.3) is 6.08 Å². The Labute approximate surface area is 131 Å². The fourth-order valence-corrected chi connectivity index (χ4v) is 2.19. The van der Waals surface area contributed by atoms with Gasteiger partial charge in [-0.05, 0) is 23.8 Å². The molecule has 23 heavy (non-hydrogen) atoms. The zero-order valence-electron chi connectivity index (χ0n) is 12.0. The number of hydrogen-bond acceptors (Lipinski definition) is 7. The van der Waals surface area contributed by atoms with E-state index in [0.29, 0.717) is 11.3 Å². The zero-order chi connectivity index (χ0) is 17.0. The van der Waals surface area contributed by atoms with Crippen LogP contribution in [0, 0.1) is 0 Å². The first-order chi connectivity index (χ1) is 10.9. The minimum absolute atomic E-state index is 0.326. The lowest BCUT2D eigenvalue weighted by Crippen LogP contribution is -2.60. The van der Waals surface area contributed by atoms with Crippen molar-refractivity contribution < 1.29 is 39.8 Å². The van der Waals surface area contributed by atoms with Crippen molar-refractivity contribution in [1.29, 1.82) is 0 Å². The number of aliphatic hydroxyl groups is 4. The zero-order valence-corrected chi connectivity index (χ0v) is 12.0. The molecule has 0 bridgehead atoms. The van der Waals surface area contributed by atoms with E-state index in [2.05, 4.69) is 0 Å².